The highest BCUT2D eigenvalue weighted by Crippen LogP contribution is 2.53. The van der Waals surface area contributed by atoms with Crippen molar-refractivity contribution in [3.8, 4) is 24.2 Å². The Labute approximate surface area is 508 Å². The quantitative estimate of drug-likeness (QED) is 0.115. The second-order valence-corrected chi connectivity index (χ2v) is 26.6. The van der Waals surface area contributed by atoms with E-state index >= 15 is 14.0 Å². The summed E-state index contributed by atoms with van der Waals surface area (Å²) >= 11 is 0. The standard InChI is InChI=1S/C67H78F2N12O6/c1-40-31-66(33-43-12-8-9-15-50(40)43)21-17-52-55(57(66)82)73-64(75-60(52)79-27-29-81(47(37-79)20-24-71)62(85)65(4,5)69)87-39-49-30-45(35-77(49)7)51-16-10-13-44-34-67(32-41(2)54(44)51)22-18-53-56(58(67)83)72-63(86-38-48-14-11-25-76(48)6)74-59(53)78-26-28-80(61(84)42(3)68)46(36-78)19-23-70/h8-10,12-13,15-16,40,45-49H,2-3,11,14,17-22,25-39H2,1,4-7H3. The number of hydrogen-bond acceptors (Lipinski definition) is 16. The highest BCUT2D eigenvalue weighted by Gasteiger charge is 2.51. The lowest BCUT2D eigenvalue weighted by atomic mass is 9.60. The molecule has 6 heterocycles. The molecule has 0 saturated carbocycles. The summed E-state index contributed by atoms with van der Waals surface area (Å²) in [5.74, 6) is -1.35. The number of likely N-dealkylation sites (N-methyl/N-ethyl adjacent to an activating group) is 2. The maximum atomic E-state index is 15.5. The zero-order chi connectivity index (χ0) is 61.3. The van der Waals surface area contributed by atoms with Gasteiger partial charge in [-0.3, -0.25) is 24.1 Å². The lowest BCUT2D eigenvalue weighted by Crippen LogP contribution is -2.59. The molecule has 0 radical (unpaired) electrons. The Morgan fingerprint density at radius 1 is 0.724 bits per heavy atom. The van der Waals surface area contributed by atoms with Crippen LogP contribution in [-0.2, 0) is 35.3 Å². The molecule has 2 amide bonds. The molecule has 0 N–H and O–H groups in total. The van der Waals surface area contributed by atoms with E-state index in [0.717, 1.165) is 60.2 Å². The first-order valence-corrected chi connectivity index (χ1v) is 31.0. The Bertz CT molecular complexity index is 3560. The second kappa shape index (κ2) is 23.4. The van der Waals surface area contributed by atoms with E-state index in [1.54, 1.807) is 0 Å². The largest absolute Gasteiger partial charge is 0.462 e. The normalized spacial score (nSPS) is 27.3. The molecule has 87 heavy (non-hydrogen) atoms. The van der Waals surface area contributed by atoms with E-state index in [-0.39, 0.29) is 93.1 Å². The van der Waals surface area contributed by atoms with Crippen LogP contribution < -0.4 is 19.3 Å². The number of Topliss-reactive ketones (excluding diaryl/α,β-unsaturated/α-hetero) is 2. The number of aromatic nitrogens is 4. The summed E-state index contributed by atoms with van der Waals surface area (Å²) in [4.78, 5) is 88.3. The van der Waals surface area contributed by atoms with Crippen molar-refractivity contribution in [2.24, 2.45) is 10.8 Å². The van der Waals surface area contributed by atoms with Gasteiger partial charge in [-0.15, -0.1) is 0 Å². The highest BCUT2D eigenvalue weighted by atomic mass is 19.1. The number of nitrogens with zero attached hydrogens (tertiary/aromatic N) is 12. The molecule has 4 aliphatic carbocycles. The lowest BCUT2D eigenvalue weighted by Gasteiger charge is -2.45. The molecule has 0 bridgehead atoms. The first kappa shape index (κ1) is 59.6. The van der Waals surface area contributed by atoms with Crippen LogP contribution in [0.1, 0.15) is 150 Å². The Kier molecular flexibility index (Phi) is 16.1. The third-order valence-corrected chi connectivity index (χ3v) is 20.5. The SMILES string of the molecule is C=C(F)C(=O)N1CCN(c2nc(OCC3CCCN3C)nc3c2CCC2(CC(=C)c4c(cccc4C4CC(COc5nc6c(c(N7CCN(C(=O)C(C)(C)F)C(CC#N)C7)n5)CCC5(Cc7ccccc7C(C)C5)C6=O)N(C)C4)C2)C3=O)CC1CC#N. The maximum absolute atomic E-state index is 15.5. The number of allylic oxidation sites excluding steroid dienone is 1. The number of nitriles is 2. The van der Waals surface area contributed by atoms with Crippen LogP contribution >= 0.6 is 0 Å². The zero-order valence-electron chi connectivity index (χ0n) is 50.8. The Hall–Kier alpha value is -7.68. The molecule has 20 heteroatoms. The van der Waals surface area contributed by atoms with Gasteiger partial charge in [-0.25, -0.2) is 8.78 Å². The van der Waals surface area contributed by atoms with Crippen molar-refractivity contribution in [3.05, 3.63) is 112 Å². The van der Waals surface area contributed by atoms with Crippen molar-refractivity contribution >= 4 is 40.6 Å². The number of ether oxygens (including phenoxy) is 2. The zero-order valence-corrected chi connectivity index (χ0v) is 50.8. The number of rotatable bonds is 13. The number of anilines is 2. The highest BCUT2D eigenvalue weighted by molar-refractivity contribution is 6.04. The van der Waals surface area contributed by atoms with Crippen LogP contribution in [0.15, 0.2) is 61.4 Å². The monoisotopic (exact) mass is 1180 g/mol. The molecule has 2 aromatic heterocycles. The number of carbonyl (C=O) groups is 4. The first-order valence-electron chi connectivity index (χ1n) is 31.0. The minimum absolute atomic E-state index is 0.000814. The van der Waals surface area contributed by atoms with Gasteiger partial charge in [-0.05, 0) is 150 Å². The van der Waals surface area contributed by atoms with Crippen molar-refractivity contribution in [2.45, 2.75) is 146 Å². The van der Waals surface area contributed by atoms with Crippen LogP contribution in [0.4, 0.5) is 20.4 Å². The predicted molar refractivity (Wildman–Crippen MR) is 323 cm³/mol. The molecule has 12 rings (SSSR count). The van der Waals surface area contributed by atoms with Crippen LogP contribution in [0.3, 0.4) is 0 Å². The molecule has 8 atom stereocenters. The molecule has 4 fully saturated rings. The van der Waals surface area contributed by atoms with Crippen molar-refractivity contribution in [3.63, 3.8) is 0 Å². The number of halogens is 2. The molecule has 8 unspecified atom stereocenters. The molecule has 4 aromatic rings. The number of carbonyl (C=O) groups excluding carboxylic acids is 4. The van der Waals surface area contributed by atoms with Gasteiger partial charge in [0.2, 0.25) is 0 Å². The summed E-state index contributed by atoms with van der Waals surface area (Å²) in [5, 5.41) is 19.7. The molecule has 4 saturated heterocycles. The van der Waals surface area contributed by atoms with Gasteiger partial charge in [-0.1, -0.05) is 62.5 Å². The van der Waals surface area contributed by atoms with Gasteiger partial charge >= 0.3 is 12.0 Å². The van der Waals surface area contributed by atoms with E-state index in [4.69, 9.17) is 36.0 Å². The van der Waals surface area contributed by atoms with Gasteiger partial charge < -0.3 is 34.0 Å². The third-order valence-electron chi connectivity index (χ3n) is 20.5. The van der Waals surface area contributed by atoms with E-state index in [1.165, 1.54) is 34.8 Å². The first-order chi connectivity index (χ1) is 41.7. The summed E-state index contributed by atoms with van der Waals surface area (Å²) < 4.78 is 42.4. The van der Waals surface area contributed by atoms with Crippen molar-refractivity contribution in [2.75, 3.05) is 89.5 Å². The molecular weight excluding hydrogens is 1110 g/mol. The molecule has 456 valence electrons. The molecule has 2 spiro atoms. The Balaban J connectivity index is 0.796. The number of alkyl halides is 1. The van der Waals surface area contributed by atoms with Gasteiger partial charge in [0, 0.05) is 79.9 Å². The molecule has 4 aliphatic heterocycles. The van der Waals surface area contributed by atoms with Crippen LogP contribution in [0.5, 0.6) is 12.0 Å². The predicted octanol–water partition coefficient (Wildman–Crippen LogP) is 8.34. The summed E-state index contributed by atoms with van der Waals surface area (Å²) in [5.41, 5.74) is 5.14. The number of amides is 2. The van der Waals surface area contributed by atoms with Gasteiger partial charge in [0.05, 0.1) is 37.1 Å². The van der Waals surface area contributed by atoms with Gasteiger partial charge in [-0.2, -0.15) is 30.5 Å². The number of ketones is 2. The summed E-state index contributed by atoms with van der Waals surface area (Å²) in [6.45, 7) is 16.2. The number of benzene rings is 2. The van der Waals surface area contributed by atoms with Gasteiger partial charge in [0.15, 0.2) is 23.1 Å². The van der Waals surface area contributed by atoms with Crippen molar-refractivity contribution in [1.82, 2.24) is 39.5 Å². The topological polar surface area (TPSA) is 205 Å². The van der Waals surface area contributed by atoms with Crippen molar-refractivity contribution in [1.29, 1.82) is 10.5 Å². The molecule has 18 nitrogen and oxygen atoms in total. The minimum atomic E-state index is -2.11. The van der Waals surface area contributed by atoms with Crippen LogP contribution in [0, 0.1) is 33.5 Å². The Morgan fingerprint density at radius 2 is 1.30 bits per heavy atom. The summed E-state index contributed by atoms with van der Waals surface area (Å²) in [6.07, 6.45) is 7.18. The average Bonchev–Trinajstić information content (AvgIpc) is 1.52. The molecule has 2 aromatic carbocycles. The summed E-state index contributed by atoms with van der Waals surface area (Å²) in [7, 11) is 4.15. The number of piperazine rings is 2. The Morgan fingerprint density at radius 3 is 1.92 bits per heavy atom. The number of likely N-dealkylation sites (tertiary alicyclic amines) is 2. The fourth-order valence-electron chi connectivity index (χ4n) is 16.0. The van der Waals surface area contributed by atoms with E-state index < -0.39 is 46.2 Å². The second-order valence-electron chi connectivity index (χ2n) is 26.6. The van der Waals surface area contributed by atoms with Crippen LogP contribution in [-0.4, -0.2) is 172 Å². The fourth-order valence-corrected chi connectivity index (χ4v) is 16.0. The smallest absolute Gasteiger partial charge is 0.319 e. The lowest BCUT2D eigenvalue weighted by molar-refractivity contribution is -0.144. The van der Waals surface area contributed by atoms with Gasteiger partial charge in [0.1, 0.15) is 36.2 Å². The van der Waals surface area contributed by atoms with E-state index in [1.807, 2.05) is 15.9 Å². The van der Waals surface area contributed by atoms with E-state index in [9.17, 15) is 24.5 Å². The number of hydrogen-bond donors (Lipinski definition) is 0. The maximum Gasteiger partial charge on any atom is 0.319 e. The summed E-state index contributed by atoms with van der Waals surface area (Å²) in [6, 6.07) is 18.2. The third kappa shape index (κ3) is 11.0. The molecule has 8 aliphatic rings. The average molecular weight is 1190 g/mol. The molecular formula is C67H78F2N12O6. The van der Waals surface area contributed by atoms with E-state index in [2.05, 4.69) is 85.9 Å². The number of fused-ring (bicyclic) bond motifs is 4. The van der Waals surface area contributed by atoms with E-state index in [0.29, 0.717) is 99.7 Å². The fraction of sp³-hybridized carbons (Fsp3) is 0.552. The van der Waals surface area contributed by atoms with Crippen LogP contribution in [0.25, 0.3) is 5.57 Å². The van der Waals surface area contributed by atoms with Crippen LogP contribution in [0.2, 0.25) is 0 Å². The minimum Gasteiger partial charge on any atom is -0.462 e. The van der Waals surface area contributed by atoms with Crippen molar-refractivity contribution < 1.29 is 37.4 Å². The van der Waals surface area contributed by atoms with Gasteiger partial charge in [0.25, 0.3) is 11.8 Å².